The fourth-order valence-corrected chi connectivity index (χ4v) is 1.64. The van der Waals surface area contributed by atoms with Crippen molar-refractivity contribution in [2.24, 2.45) is 5.73 Å². The number of nitrogens with two attached hydrogens (primary N) is 1. The van der Waals surface area contributed by atoms with Gasteiger partial charge in [0.05, 0.1) is 23.0 Å². The molecule has 0 aliphatic rings. The number of rotatable bonds is 3. The largest absolute Gasteiger partial charge is 0.322 e. The van der Waals surface area contributed by atoms with Gasteiger partial charge in [-0.25, -0.2) is 4.39 Å². The second kappa shape index (κ2) is 4.59. The van der Waals surface area contributed by atoms with Crippen molar-refractivity contribution in [3.8, 4) is 0 Å². The van der Waals surface area contributed by atoms with Crippen molar-refractivity contribution in [3.05, 3.63) is 46.5 Å². The average molecular weight is 241 g/mol. The molecule has 0 radical (unpaired) electrons. The second-order valence-corrected chi connectivity index (χ2v) is 3.80. The molecule has 1 heterocycles. The lowest BCUT2D eigenvalue weighted by Gasteiger charge is -2.09. The Labute approximate surface area is 96.6 Å². The van der Waals surface area contributed by atoms with Crippen LogP contribution in [-0.4, -0.2) is 15.4 Å². The molecule has 4 nitrogen and oxygen atoms in total. The lowest BCUT2D eigenvalue weighted by Crippen LogP contribution is -2.14. The summed E-state index contributed by atoms with van der Waals surface area (Å²) in [5.41, 5.74) is 7.18. The number of halogens is 2. The first-order chi connectivity index (χ1) is 7.68. The topological polar surface area (TPSA) is 67.6 Å². The van der Waals surface area contributed by atoms with Crippen LogP contribution in [0, 0.1) is 5.82 Å². The Kier molecular flexibility index (Phi) is 3.17. The summed E-state index contributed by atoms with van der Waals surface area (Å²) in [4.78, 5) is 0. The minimum atomic E-state index is -0.438. The molecular weight excluding hydrogens is 231 g/mol. The summed E-state index contributed by atoms with van der Waals surface area (Å²) >= 11 is 5.82. The Balaban J connectivity index is 2.18. The van der Waals surface area contributed by atoms with E-state index in [4.69, 9.17) is 17.3 Å². The van der Waals surface area contributed by atoms with Crippen molar-refractivity contribution >= 4 is 11.6 Å². The van der Waals surface area contributed by atoms with Crippen molar-refractivity contribution in [1.82, 2.24) is 15.4 Å². The van der Waals surface area contributed by atoms with Gasteiger partial charge in [-0.05, 0) is 18.1 Å². The smallest absolute Gasteiger partial charge is 0.142 e. The minimum absolute atomic E-state index is 0.112. The van der Waals surface area contributed by atoms with E-state index < -0.39 is 5.82 Å². The van der Waals surface area contributed by atoms with E-state index in [1.807, 2.05) is 0 Å². The van der Waals surface area contributed by atoms with Gasteiger partial charge >= 0.3 is 0 Å². The molecule has 0 spiro atoms. The van der Waals surface area contributed by atoms with Crippen LogP contribution in [0.2, 0.25) is 5.02 Å². The van der Waals surface area contributed by atoms with Crippen LogP contribution in [0.1, 0.15) is 17.3 Å². The third kappa shape index (κ3) is 2.20. The molecule has 84 valence electrons. The molecule has 0 aliphatic carbocycles. The third-order valence-electron chi connectivity index (χ3n) is 2.28. The summed E-state index contributed by atoms with van der Waals surface area (Å²) in [6.07, 6.45) is 1.96. The Bertz CT molecular complexity index is 472. The molecule has 0 saturated carbocycles. The van der Waals surface area contributed by atoms with Gasteiger partial charge in [0.25, 0.3) is 0 Å². The first kappa shape index (κ1) is 11.0. The number of benzene rings is 1. The minimum Gasteiger partial charge on any atom is -0.322 e. The summed E-state index contributed by atoms with van der Waals surface area (Å²) in [5.74, 6) is -0.438. The van der Waals surface area contributed by atoms with E-state index in [1.165, 1.54) is 12.3 Å². The average Bonchev–Trinajstić information content (AvgIpc) is 2.78. The van der Waals surface area contributed by atoms with Crippen LogP contribution in [0.15, 0.2) is 24.4 Å². The molecule has 1 aromatic heterocycles. The molecule has 0 bridgehead atoms. The zero-order valence-corrected chi connectivity index (χ0v) is 9.08. The molecule has 0 aliphatic heterocycles. The number of aromatic amines is 1. The number of H-pyrrole nitrogens is 1. The maximum atomic E-state index is 13.2. The number of nitrogens with one attached hydrogen (secondary N) is 1. The molecule has 0 amide bonds. The zero-order valence-electron chi connectivity index (χ0n) is 8.32. The zero-order chi connectivity index (χ0) is 11.5. The van der Waals surface area contributed by atoms with Crippen LogP contribution in [0.25, 0.3) is 0 Å². The van der Waals surface area contributed by atoms with Gasteiger partial charge < -0.3 is 5.73 Å². The van der Waals surface area contributed by atoms with Gasteiger partial charge in [0.1, 0.15) is 5.82 Å². The quantitative estimate of drug-likeness (QED) is 0.860. The Morgan fingerprint density at radius 1 is 1.50 bits per heavy atom. The summed E-state index contributed by atoms with van der Waals surface area (Å²) in [5, 5.41) is 10.1. The molecule has 2 aromatic rings. The highest BCUT2D eigenvalue weighted by atomic mass is 35.5. The number of nitrogens with zero attached hydrogens (tertiary/aromatic N) is 2. The molecule has 1 atom stereocenters. The van der Waals surface area contributed by atoms with Crippen LogP contribution in [0.4, 0.5) is 4.39 Å². The maximum Gasteiger partial charge on any atom is 0.142 e. The van der Waals surface area contributed by atoms with Crippen LogP contribution in [-0.2, 0) is 6.42 Å². The van der Waals surface area contributed by atoms with E-state index in [0.717, 1.165) is 0 Å². The van der Waals surface area contributed by atoms with Crippen molar-refractivity contribution in [2.45, 2.75) is 12.5 Å². The van der Waals surface area contributed by atoms with Gasteiger partial charge in [0, 0.05) is 0 Å². The molecule has 16 heavy (non-hydrogen) atoms. The van der Waals surface area contributed by atoms with Crippen molar-refractivity contribution < 1.29 is 4.39 Å². The van der Waals surface area contributed by atoms with Gasteiger partial charge in [0.15, 0.2) is 0 Å². The molecule has 1 aromatic carbocycles. The van der Waals surface area contributed by atoms with E-state index in [-0.39, 0.29) is 11.1 Å². The van der Waals surface area contributed by atoms with Gasteiger partial charge in [-0.3, -0.25) is 0 Å². The Morgan fingerprint density at radius 2 is 2.31 bits per heavy atom. The summed E-state index contributed by atoms with van der Waals surface area (Å²) in [6, 6.07) is 4.31. The van der Waals surface area contributed by atoms with Gasteiger partial charge in [-0.1, -0.05) is 23.7 Å². The summed E-state index contributed by atoms with van der Waals surface area (Å²) < 4.78 is 13.2. The van der Waals surface area contributed by atoms with E-state index in [9.17, 15) is 4.39 Å². The number of aromatic nitrogens is 3. The van der Waals surface area contributed by atoms with E-state index in [0.29, 0.717) is 17.7 Å². The molecule has 1 unspecified atom stereocenters. The van der Waals surface area contributed by atoms with Crippen molar-refractivity contribution in [1.29, 1.82) is 0 Å². The fourth-order valence-electron chi connectivity index (χ4n) is 1.44. The molecule has 0 fully saturated rings. The third-order valence-corrected chi connectivity index (χ3v) is 2.71. The van der Waals surface area contributed by atoms with E-state index in [1.54, 1.807) is 12.1 Å². The van der Waals surface area contributed by atoms with Crippen LogP contribution >= 0.6 is 11.6 Å². The highest BCUT2D eigenvalue weighted by Gasteiger charge is 2.13. The Hall–Kier alpha value is -1.46. The van der Waals surface area contributed by atoms with Gasteiger partial charge in [-0.2, -0.15) is 15.4 Å². The first-order valence-electron chi connectivity index (χ1n) is 4.72. The van der Waals surface area contributed by atoms with Crippen molar-refractivity contribution in [2.75, 3.05) is 0 Å². The van der Waals surface area contributed by atoms with Crippen LogP contribution in [0.5, 0.6) is 0 Å². The molecular formula is C10H10ClFN4. The summed E-state index contributed by atoms with van der Waals surface area (Å²) in [6.45, 7) is 0. The Morgan fingerprint density at radius 3 is 3.00 bits per heavy atom. The van der Waals surface area contributed by atoms with Gasteiger partial charge in [-0.15, -0.1) is 0 Å². The predicted octanol–water partition coefficient (Wildman–Crippen LogP) is 1.84. The molecule has 6 heteroatoms. The predicted molar refractivity (Wildman–Crippen MR) is 58.4 cm³/mol. The maximum absolute atomic E-state index is 13.2. The normalized spacial score (nSPS) is 12.7. The lowest BCUT2D eigenvalue weighted by molar-refractivity contribution is 0.621. The first-order valence-corrected chi connectivity index (χ1v) is 5.10. The van der Waals surface area contributed by atoms with E-state index in [2.05, 4.69) is 15.4 Å². The molecule has 2 rings (SSSR count). The molecule has 3 N–H and O–H groups in total. The fraction of sp³-hybridized carbons (Fsp3) is 0.200. The van der Waals surface area contributed by atoms with Crippen molar-refractivity contribution in [3.63, 3.8) is 0 Å². The number of hydrogen-bond donors (Lipinski definition) is 2. The monoisotopic (exact) mass is 240 g/mol. The van der Waals surface area contributed by atoms with E-state index >= 15 is 0 Å². The SMILES string of the molecule is NC(Cc1cccc(F)c1Cl)c1cn[nH]n1. The van der Waals surface area contributed by atoms with Crippen LogP contribution < -0.4 is 5.73 Å². The lowest BCUT2D eigenvalue weighted by atomic mass is 10.0. The number of hydrogen-bond acceptors (Lipinski definition) is 3. The highest BCUT2D eigenvalue weighted by molar-refractivity contribution is 6.31. The standard InChI is InChI=1S/C10H10ClFN4/c11-10-6(2-1-3-7(10)12)4-8(13)9-5-14-16-15-9/h1-3,5,8H,4,13H2,(H,14,15,16). The highest BCUT2D eigenvalue weighted by Crippen LogP contribution is 2.23. The van der Waals surface area contributed by atoms with Crippen LogP contribution in [0.3, 0.4) is 0 Å². The second-order valence-electron chi connectivity index (χ2n) is 3.42. The van der Waals surface area contributed by atoms with Gasteiger partial charge in [0.2, 0.25) is 0 Å². The molecule has 0 saturated heterocycles. The summed E-state index contributed by atoms with van der Waals surface area (Å²) in [7, 11) is 0.